The van der Waals surface area contributed by atoms with Gasteiger partial charge in [0, 0.05) is 12.3 Å². The van der Waals surface area contributed by atoms with Gasteiger partial charge in [0.2, 0.25) is 5.95 Å². The normalized spacial score (nSPS) is 12.5. The van der Waals surface area contributed by atoms with E-state index >= 15 is 0 Å². The van der Waals surface area contributed by atoms with Crippen LogP contribution in [0.15, 0.2) is 18.3 Å². The molecule has 2 rings (SSSR count). The van der Waals surface area contributed by atoms with Crippen molar-refractivity contribution in [3.8, 4) is 5.82 Å². The minimum atomic E-state index is -4.82. The summed E-state index contributed by atoms with van der Waals surface area (Å²) in [6, 6.07) is 1.05. The van der Waals surface area contributed by atoms with E-state index in [4.69, 9.17) is 5.84 Å². The van der Waals surface area contributed by atoms with Crippen molar-refractivity contribution in [3.63, 3.8) is 0 Å². The van der Waals surface area contributed by atoms with Crippen molar-refractivity contribution >= 4 is 5.95 Å². The van der Waals surface area contributed by atoms with E-state index in [2.05, 4.69) is 15.1 Å². The Balaban J connectivity index is 2.51. The molecule has 21 heavy (non-hydrogen) atoms. The summed E-state index contributed by atoms with van der Waals surface area (Å²) in [6.45, 7) is 0. The number of nitrogens with zero attached hydrogens (tertiary/aromatic N) is 4. The van der Waals surface area contributed by atoms with Crippen molar-refractivity contribution in [2.24, 2.45) is 5.84 Å². The van der Waals surface area contributed by atoms with Crippen LogP contribution in [0, 0.1) is 0 Å². The summed E-state index contributed by atoms with van der Waals surface area (Å²) >= 11 is 0. The standard InChI is InChI=1S/C9H6F6N6/c10-8(11,12)4-1-2-21(20-4)6-3-5(9(13,14)15)17-7(18-6)19-16/h1-3H,16H2,(H,17,18,19). The number of rotatable bonds is 2. The van der Waals surface area contributed by atoms with Crippen LogP contribution in [0.4, 0.5) is 32.3 Å². The lowest BCUT2D eigenvalue weighted by Gasteiger charge is -2.10. The summed E-state index contributed by atoms with van der Waals surface area (Å²) in [5.74, 6) is 3.81. The average Bonchev–Trinajstić information content (AvgIpc) is 2.86. The van der Waals surface area contributed by atoms with Gasteiger partial charge in [-0.25, -0.2) is 15.5 Å². The molecule has 114 valence electrons. The highest BCUT2D eigenvalue weighted by molar-refractivity contribution is 5.35. The smallest absolute Gasteiger partial charge is 0.292 e. The highest BCUT2D eigenvalue weighted by Gasteiger charge is 2.35. The Hall–Kier alpha value is -2.37. The molecule has 2 aromatic heterocycles. The third-order valence-electron chi connectivity index (χ3n) is 2.25. The molecule has 0 atom stereocenters. The molecule has 0 unspecified atom stereocenters. The van der Waals surface area contributed by atoms with Crippen LogP contribution in [0.3, 0.4) is 0 Å². The fourth-order valence-corrected chi connectivity index (χ4v) is 1.36. The second kappa shape index (κ2) is 4.87. The highest BCUT2D eigenvalue weighted by atomic mass is 19.4. The fraction of sp³-hybridized carbons (Fsp3) is 0.222. The molecule has 0 fully saturated rings. The van der Waals surface area contributed by atoms with Gasteiger partial charge in [0.15, 0.2) is 17.2 Å². The number of aromatic nitrogens is 4. The number of hydrogen-bond acceptors (Lipinski definition) is 5. The molecule has 2 heterocycles. The van der Waals surface area contributed by atoms with E-state index < -0.39 is 35.5 Å². The van der Waals surface area contributed by atoms with Crippen molar-refractivity contribution in [2.75, 3.05) is 5.43 Å². The molecular weight excluding hydrogens is 306 g/mol. The van der Waals surface area contributed by atoms with Gasteiger partial charge in [-0.15, -0.1) is 0 Å². The number of nitrogens with two attached hydrogens (primary N) is 1. The van der Waals surface area contributed by atoms with E-state index in [1.54, 1.807) is 5.43 Å². The Kier molecular flexibility index (Phi) is 3.49. The monoisotopic (exact) mass is 312 g/mol. The molecule has 0 aliphatic heterocycles. The van der Waals surface area contributed by atoms with E-state index in [0.717, 1.165) is 6.20 Å². The van der Waals surface area contributed by atoms with Crippen LogP contribution in [0.25, 0.3) is 5.82 Å². The number of alkyl halides is 6. The highest BCUT2D eigenvalue weighted by Crippen LogP contribution is 2.30. The number of anilines is 1. The molecular formula is C9H6F6N6. The number of halogens is 6. The van der Waals surface area contributed by atoms with Crippen LogP contribution in [0.1, 0.15) is 11.4 Å². The van der Waals surface area contributed by atoms with E-state index in [1.807, 2.05) is 0 Å². The lowest BCUT2D eigenvalue weighted by Crippen LogP contribution is -2.17. The summed E-state index contributed by atoms with van der Waals surface area (Å²) in [5, 5.41) is 3.12. The summed E-state index contributed by atoms with van der Waals surface area (Å²) in [7, 11) is 0. The first-order chi connectivity index (χ1) is 9.61. The first-order valence-electron chi connectivity index (χ1n) is 5.17. The van der Waals surface area contributed by atoms with Crippen molar-refractivity contribution in [3.05, 3.63) is 29.7 Å². The average molecular weight is 312 g/mol. The Morgan fingerprint density at radius 3 is 2.10 bits per heavy atom. The predicted molar refractivity (Wildman–Crippen MR) is 57.0 cm³/mol. The molecule has 0 spiro atoms. The zero-order valence-corrected chi connectivity index (χ0v) is 9.87. The Morgan fingerprint density at radius 1 is 1.00 bits per heavy atom. The quantitative estimate of drug-likeness (QED) is 0.503. The summed E-state index contributed by atoms with van der Waals surface area (Å²) < 4.78 is 75.6. The molecule has 0 amide bonds. The van der Waals surface area contributed by atoms with E-state index in [0.29, 0.717) is 16.8 Å². The first-order valence-corrected chi connectivity index (χ1v) is 5.17. The van der Waals surface area contributed by atoms with Gasteiger partial charge in [0.05, 0.1) is 0 Å². The summed E-state index contributed by atoms with van der Waals surface area (Å²) in [6.07, 6.45) is -8.71. The number of hydrazine groups is 1. The molecule has 12 heteroatoms. The molecule has 0 aromatic carbocycles. The first kappa shape index (κ1) is 15.0. The minimum Gasteiger partial charge on any atom is -0.292 e. The van der Waals surface area contributed by atoms with Crippen LogP contribution >= 0.6 is 0 Å². The van der Waals surface area contributed by atoms with Gasteiger partial charge in [-0.3, -0.25) is 5.43 Å². The Morgan fingerprint density at radius 2 is 1.62 bits per heavy atom. The van der Waals surface area contributed by atoms with Gasteiger partial charge in [0.1, 0.15) is 0 Å². The number of nitrogens with one attached hydrogen (secondary N) is 1. The molecule has 0 aliphatic rings. The fourth-order valence-electron chi connectivity index (χ4n) is 1.36. The maximum atomic E-state index is 12.6. The summed E-state index contributed by atoms with van der Waals surface area (Å²) in [4.78, 5) is 6.59. The van der Waals surface area contributed by atoms with Crippen molar-refractivity contribution in [2.45, 2.75) is 12.4 Å². The van der Waals surface area contributed by atoms with E-state index in [9.17, 15) is 26.3 Å². The zero-order chi connectivity index (χ0) is 15.8. The second-order valence-corrected chi connectivity index (χ2v) is 3.72. The number of nitrogen functional groups attached to an aromatic ring is 1. The molecule has 3 N–H and O–H groups in total. The maximum Gasteiger partial charge on any atom is 0.435 e. The van der Waals surface area contributed by atoms with E-state index in [-0.39, 0.29) is 0 Å². The van der Waals surface area contributed by atoms with Crippen LogP contribution < -0.4 is 11.3 Å². The lowest BCUT2D eigenvalue weighted by molar-refractivity contribution is -0.142. The SMILES string of the molecule is NNc1nc(-n2ccc(C(F)(F)F)n2)cc(C(F)(F)F)n1. The lowest BCUT2D eigenvalue weighted by atomic mass is 10.4. The largest absolute Gasteiger partial charge is 0.435 e. The van der Waals surface area contributed by atoms with Crippen molar-refractivity contribution in [1.82, 2.24) is 19.7 Å². The Bertz CT molecular complexity index is 645. The van der Waals surface area contributed by atoms with Crippen LogP contribution in [-0.4, -0.2) is 19.7 Å². The van der Waals surface area contributed by atoms with Crippen LogP contribution in [-0.2, 0) is 12.4 Å². The number of hydrogen-bond donors (Lipinski definition) is 2. The van der Waals surface area contributed by atoms with Crippen LogP contribution in [0.2, 0.25) is 0 Å². The zero-order valence-electron chi connectivity index (χ0n) is 9.87. The second-order valence-electron chi connectivity index (χ2n) is 3.72. The molecule has 0 saturated carbocycles. The molecule has 6 nitrogen and oxygen atoms in total. The topological polar surface area (TPSA) is 81.6 Å². The van der Waals surface area contributed by atoms with Gasteiger partial charge < -0.3 is 0 Å². The van der Waals surface area contributed by atoms with Gasteiger partial charge >= 0.3 is 12.4 Å². The molecule has 0 aliphatic carbocycles. The maximum absolute atomic E-state index is 12.6. The predicted octanol–water partition coefficient (Wildman–Crippen LogP) is 1.99. The molecule has 0 radical (unpaired) electrons. The van der Waals surface area contributed by atoms with Gasteiger partial charge in [-0.2, -0.15) is 36.4 Å². The van der Waals surface area contributed by atoms with Gasteiger partial charge in [-0.1, -0.05) is 0 Å². The van der Waals surface area contributed by atoms with Crippen molar-refractivity contribution < 1.29 is 26.3 Å². The van der Waals surface area contributed by atoms with Crippen molar-refractivity contribution in [1.29, 1.82) is 0 Å². The third kappa shape index (κ3) is 3.21. The third-order valence-corrected chi connectivity index (χ3v) is 2.25. The van der Waals surface area contributed by atoms with Gasteiger partial charge in [-0.05, 0) is 6.07 Å². The van der Waals surface area contributed by atoms with E-state index in [1.165, 1.54) is 0 Å². The minimum absolute atomic E-state index is 0.452. The van der Waals surface area contributed by atoms with Gasteiger partial charge in [0.25, 0.3) is 0 Å². The molecule has 2 aromatic rings. The van der Waals surface area contributed by atoms with Crippen LogP contribution in [0.5, 0.6) is 0 Å². The Labute approximate surface area is 112 Å². The molecule has 0 saturated heterocycles. The molecule has 0 bridgehead atoms. The summed E-state index contributed by atoms with van der Waals surface area (Å²) in [5.41, 5.74) is -0.836.